The molecule has 0 bridgehead atoms. The lowest BCUT2D eigenvalue weighted by Crippen LogP contribution is -2.17. The number of nitrogens with zero attached hydrogens (tertiary/aromatic N) is 1. The fraction of sp³-hybridized carbons (Fsp3) is 0.231. The first-order valence-corrected chi connectivity index (χ1v) is 5.90. The molecule has 0 aliphatic rings. The Kier molecular flexibility index (Phi) is 4.02. The topological polar surface area (TPSA) is 93.0 Å². The number of rotatable bonds is 5. The van der Waals surface area contributed by atoms with E-state index in [0.717, 1.165) is 17.7 Å². The highest BCUT2D eigenvalue weighted by atomic mass is 16.5. The van der Waals surface area contributed by atoms with Crippen LogP contribution in [-0.2, 0) is 6.42 Å². The van der Waals surface area contributed by atoms with Crippen LogP contribution in [0, 0.1) is 0 Å². The van der Waals surface area contributed by atoms with Gasteiger partial charge in [-0.1, -0.05) is 12.1 Å². The van der Waals surface area contributed by atoms with Crippen molar-refractivity contribution in [3.63, 3.8) is 0 Å². The zero-order chi connectivity index (χ0) is 13.7. The quantitative estimate of drug-likeness (QED) is 0.746. The second-order valence-corrected chi connectivity index (χ2v) is 4.02. The number of anilines is 2. The van der Waals surface area contributed by atoms with E-state index < -0.39 is 0 Å². The van der Waals surface area contributed by atoms with Gasteiger partial charge in [-0.05, 0) is 24.1 Å². The Morgan fingerprint density at radius 3 is 2.79 bits per heavy atom. The van der Waals surface area contributed by atoms with Gasteiger partial charge in [0, 0.05) is 6.54 Å². The lowest BCUT2D eigenvalue weighted by atomic mass is 10.1. The summed E-state index contributed by atoms with van der Waals surface area (Å²) in [7, 11) is 1.64. The molecule has 0 fully saturated rings. The molecular weight excluding hydrogens is 244 g/mol. The van der Waals surface area contributed by atoms with E-state index in [1.54, 1.807) is 7.11 Å². The number of hydrogen-bond donors (Lipinski definition) is 3. The van der Waals surface area contributed by atoms with Crippen LogP contribution < -0.4 is 21.3 Å². The van der Waals surface area contributed by atoms with Gasteiger partial charge in [-0.15, -0.1) is 0 Å². The standard InChI is InChI=1S/C13H16N4O2/c1-19-10-4-2-9(3-5-10)6-7-15-12-11(14)13(18)17-8-16-12/h2-5,8H,6-7,14H2,1H3,(H2,15,16,17,18). The van der Waals surface area contributed by atoms with Crippen LogP contribution in [-0.4, -0.2) is 23.6 Å². The van der Waals surface area contributed by atoms with Gasteiger partial charge in [0.05, 0.1) is 13.4 Å². The maximum absolute atomic E-state index is 11.3. The molecule has 0 spiro atoms. The third kappa shape index (κ3) is 3.25. The molecule has 0 atom stereocenters. The molecular formula is C13H16N4O2. The highest BCUT2D eigenvalue weighted by molar-refractivity contribution is 5.58. The van der Waals surface area contributed by atoms with E-state index in [2.05, 4.69) is 15.3 Å². The van der Waals surface area contributed by atoms with Crippen LogP contribution in [0.2, 0.25) is 0 Å². The summed E-state index contributed by atoms with van der Waals surface area (Å²) in [5, 5.41) is 3.04. The van der Waals surface area contributed by atoms with Crippen molar-refractivity contribution in [1.82, 2.24) is 9.97 Å². The molecule has 2 rings (SSSR count). The molecule has 0 unspecified atom stereocenters. The Balaban J connectivity index is 1.92. The maximum atomic E-state index is 11.3. The second-order valence-electron chi connectivity index (χ2n) is 4.02. The Labute approximate surface area is 110 Å². The lowest BCUT2D eigenvalue weighted by molar-refractivity contribution is 0.414. The minimum Gasteiger partial charge on any atom is -0.497 e. The summed E-state index contributed by atoms with van der Waals surface area (Å²) in [6.07, 6.45) is 2.13. The van der Waals surface area contributed by atoms with E-state index in [1.807, 2.05) is 24.3 Å². The molecule has 0 radical (unpaired) electrons. The average Bonchev–Trinajstić information content (AvgIpc) is 2.44. The normalized spacial score (nSPS) is 10.2. The van der Waals surface area contributed by atoms with Crippen molar-refractivity contribution in [3.05, 3.63) is 46.5 Å². The Morgan fingerprint density at radius 1 is 1.37 bits per heavy atom. The fourth-order valence-electron chi connectivity index (χ4n) is 1.67. The van der Waals surface area contributed by atoms with Gasteiger partial charge in [0.15, 0.2) is 5.82 Å². The Morgan fingerprint density at radius 2 is 2.11 bits per heavy atom. The number of ether oxygens (including phenoxy) is 1. The zero-order valence-electron chi connectivity index (χ0n) is 10.6. The second kappa shape index (κ2) is 5.90. The van der Waals surface area contributed by atoms with E-state index in [9.17, 15) is 4.79 Å². The van der Waals surface area contributed by atoms with Crippen molar-refractivity contribution in [3.8, 4) is 5.75 Å². The first-order valence-electron chi connectivity index (χ1n) is 5.90. The summed E-state index contributed by atoms with van der Waals surface area (Å²) in [5.74, 6) is 1.24. The fourth-order valence-corrected chi connectivity index (χ4v) is 1.67. The summed E-state index contributed by atoms with van der Waals surface area (Å²) in [6.45, 7) is 0.646. The van der Waals surface area contributed by atoms with Gasteiger partial charge in [0.2, 0.25) is 0 Å². The van der Waals surface area contributed by atoms with E-state index in [4.69, 9.17) is 10.5 Å². The summed E-state index contributed by atoms with van der Waals surface area (Å²) in [5.41, 5.74) is 6.56. The van der Waals surface area contributed by atoms with Gasteiger partial charge >= 0.3 is 0 Å². The molecule has 6 nitrogen and oxygen atoms in total. The van der Waals surface area contributed by atoms with E-state index >= 15 is 0 Å². The van der Waals surface area contributed by atoms with Crippen LogP contribution >= 0.6 is 0 Å². The van der Waals surface area contributed by atoms with Gasteiger partial charge in [-0.2, -0.15) is 0 Å². The molecule has 100 valence electrons. The maximum Gasteiger partial charge on any atom is 0.276 e. The Hall–Kier alpha value is -2.50. The predicted octanol–water partition coefficient (Wildman–Crippen LogP) is 1.02. The van der Waals surface area contributed by atoms with Crippen LogP contribution in [0.25, 0.3) is 0 Å². The first-order chi connectivity index (χ1) is 9.20. The summed E-state index contributed by atoms with van der Waals surface area (Å²) >= 11 is 0. The van der Waals surface area contributed by atoms with Crippen LogP contribution in [0.15, 0.2) is 35.4 Å². The third-order valence-electron chi connectivity index (χ3n) is 2.75. The van der Waals surface area contributed by atoms with Gasteiger partial charge in [0.25, 0.3) is 5.56 Å². The number of nitrogens with two attached hydrogens (primary N) is 1. The number of aromatic amines is 1. The number of hydrogen-bond acceptors (Lipinski definition) is 5. The number of nitrogen functional groups attached to an aromatic ring is 1. The van der Waals surface area contributed by atoms with Gasteiger partial charge in [0.1, 0.15) is 11.4 Å². The molecule has 0 aliphatic carbocycles. The number of benzene rings is 1. The molecule has 0 aliphatic heterocycles. The SMILES string of the molecule is COc1ccc(CCNc2nc[nH]c(=O)c2N)cc1. The van der Waals surface area contributed by atoms with E-state index in [-0.39, 0.29) is 11.2 Å². The number of nitrogens with one attached hydrogen (secondary N) is 2. The van der Waals surface area contributed by atoms with E-state index in [1.165, 1.54) is 6.33 Å². The van der Waals surface area contributed by atoms with Crippen molar-refractivity contribution in [1.29, 1.82) is 0 Å². The van der Waals surface area contributed by atoms with Crippen LogP contribution in [0.3, 0.4) is 0 Å². The third-order valence-corrected chi connectivity index (χ3v) is 2.75. The van der Waals surface area contributed by atoms with Crippen molar-refractivity contribution in [2.45, 2.75) is 6.42 Å². The van der Waals surface area contributed by atoms with Crippen LogP contribution in [0.4, 0.5) is 11.5 Å². The van der Waals surface area contributed by atoms with Gasteiger partial charge < -0.3 is 20.8 Å². The van der Waals surface area contributed by atoms with Crippen molar-refractivity contribution >= 4 is 11.5 Å². The molecule has 1 aromatic heterocycles. The first kappa shape index (κ1) is 12.9. The predicted molar refractivity (Wildman–Crippen MR) is 74.5 cm³/mol. The molecule has 1 aromatic carbocycles. The largest absolute Gasteiger partial charge is 0.497 e. The van der Waals surface area contributed by atoms with Crippen molar-refractivity contribution < 1.29 is 4.74 Å². The summed E-state index contributed by atoms with van der Waals surface area (Å²) in [6, 6.07) is 7.81. The van der Waals surface area contributed by atoms with Crippen LogP contribution in [0.5, 0.6) is 5.75 Å². The number of aromatic nitrogens is 2. The minimum absolute atomic E-state index is 0.109. The molecule has 0 amide bonds. The average molecular weight is 260 g/mol. The monoisotopic (exact) mass is 260 g/mol. The highest BCUT2D eigenvalue weighted by Crippen LogP contribution is 2.12. The lowest BCUT2D eigenvalue weighted by Gasteiger charge is -2.07. The molecule has 0 saturated heterocycles. The number of H-pyrrole nitrogens is 1. The minimum atomic E-state index is -0.332. The molecule has 1 heterocycles. The molecule has 6 heteroatoms. The Bertz CT molecular complexity index is 592. The van der Waals surface area contributed by atoms with Crippen molar-refractivity contribution in [2.75, 3.05) is 24.7 Å². The molecule has 19 heavy (non-hydrogen) atoms. The number of methoxy groups -OCH3 is 1. The van der Waals surface area contributed by atoms with Gasteiger partial charge in [-0.3, -0.25) is 4.79 Å². The van der Waals surface area contributed by atoms with Crippen LogP contribution in [0.1, 0.15) is 5.56 Å². The zero-order valence-corrected chi connectivity index (χ0v) is 10.6. The summed E-state index contributed by atoms with van der Waals surface area (Å²) in [4.78, 5) is 17.7. The summed E-state index contributed by atoms with van der Waals surface area (Å²) < 4.78 is 5.09. The highest BCUT2D eigenvalue weighted by Gasteiger charge is 2.03. The van der Waals surface area contributed by atoms with Crippen molar-refractivity contribution in [2.24, 2.45) is 0 Å². The molecule has 0 saturated carbocycles. The van der Waals surface area contributed by atoms with Gasteiger partial charge in [-0.25, -0.2) is 4.98 Å². The molecule has 4 N–H and O–H groups in total. The smallest absolute Gasteiger partial charge is 0.276 e. The molecule has 2 aromatic rings. The van der Waals surface area contributed by atoms with E-state index in [0.29, 0.717) is 12.4 Å².